The molecule has 0 saturated heterocycles. The predicted molar refractivity (Wildman–Crippen MR) is 89.6 cm³/mol. The van der Waals surface area contributed by atoms with Crippen LogP contribution in [0.5, 0.6) is 5.75 Å². The van der Waals surface area contributed by atoms with Crippen LogP contribution < -0.4 is 10.1 Å². The summed E-state index contributed by atoms with van der Waals surface area (Å²) in [6.07, 6.45) is 0.662. The number of aliphatic carboxylic acids is 1. The van der Waals surface area contributed by atoms with Crippen LogP contribution in [-0.4, -0.2) is 28.6 Å². The second-order valence-corrected chi connectivity index (χ2v) is 6.53. The normalized spacial score (nSPS) is 14.0. The molecule has 0 aliphatic heterocycles. The number of carboxylic acids is 1. The summed E-state index contributed by atoms with van der Waals surface area (Å²) >= 11 is 0. The van der Waals surface area contributed by atoms with Crippen molar-refractivity contribution in [2.24, 2.45) is 5.92 Å². The molecule has 0 aliphatic rings. The van der Waals surface area contributed by atoms with Gasteiger partial charge in [-0.1, -0.05) is 26.3 Å². The van der Waals surface area contributed by atoms with Gasteiger partial charge >= 0.3 is 5.97 Å². The molecule has 23 heavy (non-hydrogen) atoms. The molecule has 0 aromatic heterocycles. The van der Waals surface area contributed by atoms with E-state index in [2.05, 4.69) is 5.32 Å². The van der Waals surface area contributed by atoms with E-state index in [9.17, 15) is 14.7 Å². The van der Waals surface area contributed by atoms with Gasteiger partial charge in [-0.25, -0.2) is 4.79 Å². The van der Waals surface area contributed by atoms with Crippen molar-refractivity contribution in [2.75, 3.05) is 0 Å². The van der Waals surface area contributed by atoms with Crippen LogP contribution >= 0.6 is 0 Å². The molecule has 1 rings (SSSR count). The molecule has 0 fully saturated rings. The number of hydrogen-bond acceptors (Lipinski definition) is 3. The zero-order valence-electron chi connectivity index (χ0n) is 14.8. The maximum atomic E-state index is 12.5. The van der Waals surface area contributed by atoms with Gasteiger partial charge in [0.25, 0.3) is 5.91 Å². The van der Waals surface area contributed by atoms with Crippen LogP contribution in [0.4, 0.5) is 0 Å². The van der Waals surface area contributed by atoms with Crippen LogP contribution in [0.15, 0.2) is 18.2 Å². The molecule has 0 bridgehead atoms. The summed E-state index contributed by atoms with van der Waals surface area (Å²) in [7, 11) is 0. The van der Waals surface area contributed by atoms with Crippen molar-refractivity contribution in [1.82, 2.24) is 5.32 Å². The number of carbonyl (C=O) groups is 2. The van der Waals surface area contributed by atoms with Crippen molar-refractivity contribution < 1.29 is 19.4 Å². The highest BCUT2D eigenvalue weighted by molar-refractivity contribution is 5.89. The Balaban J connectivity index is 2.87. The summed E-state index contributed by atoms with van der Waals surface area (Å²) < 4.78 is 5.79. The lowest BCUT2D eigenvalue weighted by Gasteiger charge is -2.29. The van der Waals surface area contributed by atoms with Gasteiger partial charge in [0, 0.05) is 0 Å². The summed E-state index contributed by atoms with van der Waals surface area (Å²) in [5.74, 6) is -1.05. The molecule has 128 valence electrons. The highest BCUT2D eigenvalue weighted by Crippen LogP contribution is 2.22. The van der Waals surface area contributed by atoms with Crippen LogP contribution in [0.2, 0.25) is 0 Å². The molecule has 1 aromatic rings. The molecule has 0 heterocycles. The average molecular weight is 321 g/mol. The number of amides is 1. The van der Waals surface area contributed by atoms with Crippen molar-refractivity contribution in [3.05, 3.63) is 29.3 Å². The average Bonchev–Trinajstić information content (AvgIpc) is 2.46. The summed E-state index contributed by atoms with van der Waals surface area (Å²) in [5.41, 5.74) is 1.05. The number of aryl methyl sites for hydroxylation is 2. The van der Waals surface area contributed by atoms with Gasteiger partial charge in [-0.2, -0.15) is 0 Å². The smallest absolute Gasteiger partial charge is 0.326 e. The molecule has 1 aromatic carbocycles. The lowest BCUT2D eigenvalue weighted by molar-refractivity contribution is -0.146. The summed E-state index contributed by atoms with van der Waals surface area (Å²) in [4.78, 5) is 23.8. The number of nitrogens with one attached hydrogen (secondary N) is 1. The van der Waals surface area contributed by atoms with E-state index in [1.54, 1.807) is 26.8 Å². The lowest BCUT2D eigenvalue weighted by atomic mass is 9.98. The summed E-state index contributed by atoms with van der Waals surface area (Å²) in [5, 5.41) is 11.9. The quantitative estimate of drug-likeness (QED) is 0.809. The number of carbonyl (C=O) groups excluding carboxylic acids is 1. The zero-order chi connectivity index (χ0) is 17.8. The molecule has 0 radical (unpaired) electrons. The fourth-order valence-corrected chi connectivity index (χ4v) is 2.12. The third-order valence-electron chi connectivity index (χ3n) is 4.16. The van der Waals surface area contributed by atoms with Crippen LogP contribution in [-0.2, 0) is 9.59 Å². The summed E-state index contributed by atoms with van der Waals surface area (Å²) in [6.45, 7) is 10.9. The van der Waals surface area contributed by atoms with Gasteiger partial charge in [-0.05, 0) is 56.9 Å². The molecule has 5 nitrogen and oxygen atoms in total. The van der Waals surface area contributed by atoms with Gasteiger partial charge in [-0.15, -0.1) is 0 Å². The van der Waals surface area contributed by atoms with Crippen molar-refractivity contribution in [3.63, 3.8) is 0 Å². The molecule has 2 atom stereocenters. The molecule has 5 heteroatoms. The number of carboxylic acid groups (broad SMARTS) is 1. The van der Waals surface area contributed by atoms with Gasteiger partial charge in [0.1, 0.15) is 11.8 Å². The first kappa shape index (κ1) is 19.0. The maximum Gasteiger partial charge on any atom is 0.326 e. The first-order valence-corrected chi connectivity index (χ1v) is 7.88. The molecule has 0 aliphatic carbocycles. The standard InChI is InChI=1S/C18H27NO4/c1-7-11(2)15(16(20)21)19-17(22)18(5,6)23-14-9-8-12(3)13(4)10-14/h8-11,15H,7H2,1-6H3,(H,19,22)(H,20,21). The monoisotopic (exact) mass is 321 g/mol. The minimum atomic E-state index is -1.16. The minimum absolute atomic E-state index is 0.158. The van der Waals surface area contributed by atoms with E-state index in [0.717, 1.165) is 11.1 Å². The Kier molecular flexibility index (Phi) is 6.19. The van der Waals surface area contributed by atoms with Crippen LogP contribution in [0.3, 0.4) is 0 Å². The zero-order valence-corrected chi connectivity index (χ0v) is 14.8. The highest BCUT2D eigenvalue weighted by atomic mass is 16.5. The number of benzene rings is 1. The van der Waals surface area contributed by atoms with Gasteiger partial charge in [0.05, 0.1) is 0 Å². The molecule has 1 amide bonds. The number of hydrogen-bond donors (Lipinski definition) is 2. The van der Waals surface area contributed by atoms with Gasteiger partial charge in [0.2, 0.25) is 0 Å². The first-order chi connectivity index (χ1) is 10.6. The SMILES string of the molecule is CCC(C)C(NC(=O)C(C)(C)Oc1ccc(C)c(C)c1)C(=O)O. The topological polar surface area (TPSA) is 75.6 Å². The highest BCUT2D eigenvalue weighted by Gasteiger charge is 2.35. The van der Waals surface area contributed by atoms with E-state index >= 15 is 0 Å². The van der Waals surface area contributed by atoms with Gasteiger partial charge < -0.3 is 15.2 Å². The Labute approximate surface area is 138 Å². The molecular weight excluding hydrogens is 294 g/mol. The van der Waals surface area contributed by atoms with E-state index in [0.29, 0.717) is 12.2 Å². The van der Waals surface area contributed by atoms with Crippen molar-refractivity contribution in [3.8, 4) is 5.75 Å². The Morgan fingerprint density at radius 1 is 1.26 bits per heavy atom. The van der Waals surface area contributed by atoms with E-state index in [1.807, 2.05) is 32.9 Å². The van der Waals surface area contributed by atoms with Crippen molar-refractivity contribution in [1.29, 1.82) is 0 Å². The molecular formula is C18H27NO4. The van der Waals surface area contributed by atoms with Gasteiger partial charge in [0.15, 0.2) is 5.60 Å². The number of rotatable bonds is 7. The fourth-order valence-electron chi connectivity index (χ4n) is 2.12. The van der Waals surface area contributed by atoms with E-state index in [-0.39, 0.29) is 5.92 Å². The van der Waals surface area contributed by atoms with Crippen molar-refractivity contribution >= 4 is 11.9 Å². The maximum absolute atomic E-state index is 12.5. The van der Waals surface area contributed by atoms with Crippen LogP contribution in [0.1, 0.15) is 45.2 Å². The van der Waals surface area contributed by atoms with Crippen LogP contribution in [0.25, 0.3) is 0 Å². The fraction of sp³-hybridized carbons (Fsp3) is 0.556. The minimum Gasteiger partial charge on any atom is -0.480 e. The molecule has 2 N–H and O–H groups in total. The number of ether oxygens (including phenoxy) is 1. The Morgan fingerprint density at radius 3 is 2.35 bits per heavy atom. The molecule has 2 unspecified atom stereocenters. The predicted octanol–water partition coefficient (Wildman–Crippen LogP) is 3.08. The van der Waals surface area contributed by atoms with Crippen molar-refractivity contribution in [2.45, 2.75) is 59.6 Å². The van der Waals surface area contributed by atoms with Crippen LogP contribution in [0, 0.1) is 19.8 Å². The Hall–Kier alpha value is -2.04. The van der Waals surface area contributed by atoms with E-state index in [1.165, 1.54) is 0 Å². The largest absolute Gasteiger partial charge is 0.480 e. The van der Waals surface area contributed by atoms with E-state index in [4.69, 9.17) is 4.74 Å². The second-order valence-electron chi connectivity index (χ2n) is 6.53. The second kappa shape index (κ2) is 7.49. The van der Waals surface area contributed by atoms with E-state index < -0.39 is 23.5 Å². The lowest BCUT2D eigenvalue weighted by Crippen LogP contribution is -2.54. The Morgan fingerprint density at radius 2 is 1.87 bits per heavy atom. The third kappa shape index (κ3) is 4.98. The Bertz CT molecular complexity index is 580. The summed E-state index contributed by atoms with van der Waals surface area (Å²) in [6, 6.07) is 4.68. The first-order valence-electron chi connectivity index (χ1n) is 7.88. The molecule has 0 saturated carbocycles. The van der Waals surface area contributed by atoms with Gasteiger partial charge in [-0.3, -0.25) is 4.79 Å². The third-order valence-corrected chi connectivity index (χ3v) is 4.16. The molecule has 0 spiro atoms.